The fraction of sp³-hybridized carbons (Fsp3) is 0.909. The predicted molar refractivity (Wildman–Crippen MR) is 56.2 cm³/mol. The van der Waals surface area contributed by atoms with Crippen molar-refractivity contribution in [1.29, 1.82) is 0 Å². The monoisotopic (exact) mass is 202 g/mol. The van der Waals surface area contributed by atoms with Crippen LogP contribution in [0.5, 0.6) is 0 Å². The van der Waals surface area contributed by atoms with Gasteiger partial charge in [0.05, 0.1) is 12.0 Å². The summed E-state index contributed by atoms with van der Waals surface area (Å²) in [4.78, 5) is 10.8. The third-order valence-electron chi connectivity index (χ3n) is 2.41. The molecule has 0 radical (unpaired) electrons. The molecule has 14 heavy (non-hydrogen) atoms. The zero-order valence-corrected chi connectivity index (χ0v) is 9.20. The number of aliphatic hydroxyl groups is 1. The van der Waals surface area contributed by atoms with Crippen molar-refractivity contribution < 1.29 is 15.0 Å². The number of carboxylic acids is 1. The van der Waals surface area contributed by atoms with Crippen LogP contribution in [0.4, 0.5) is 0 Å². The summed E-state index contributed by atoms with van der Waals surface area (Å²) in [6.07, 6.45) is 4.78. The molecule has 84 valence electrons. The van der Waals surface area contributed by atoms with Gasteiger partial charge in [0.2, 0.25) is 0 Å². The largest absolute Gasteiger partial charge is 0.481 e. The average molecular weight is 202 g/mol. The van der Waals surface area contributed by atoms with Crippen LogP contribution in [-0.2, 0) is 4.79 Å². The van der Waals surface area contributed by atoms with Crippen LogP contribution in [-0.4, -0.2) is 22.3 Å². The quantitative estimate of drug-likeness (QED) is 0.594. The van der Waals surface area contributed by atoms with Crippen molar-refractivity contribution in [2.75, 3.05) is 0 Å². The summed E-state index contributed by atoms with van der Waals surface area (Å²) in [5.41, 5.74) is 0. The molecule has 2 N–H and O–H groups in total. The number of carboxylic acid groups (broad SMARTS) is 1. The molecule has 0 saturated heterocycles. The average Bonchev–Trinajstić information content (AvgIpc) is 2.09. The zero-order valence-electron chi connectivity index (χ0n) is 9.20. The van der Waals surface area contributed by atoms with Gasteiger partial charge in [0.15, 0.2) is 0 Å². The molecule has 0 aliphatic carbocycles. The molecule has 3 nitrogen and oxygen atoms in total. The van der Waals surface area contributed by atoms with Crippen LogP contribution in [0.2, 0.25) is 0 Å². The van der Waals surface area contributed by atoms with Gasteiger partial charge in [-0.15, -0.1) is 0 Å². The van der Waals surface area contributed by atoms with Gasteiger partial charge in [-0.2, -0.15) is 0 Å². The van der Waals surface area contributed by atoms with Crippen LogP contribution in [0.1, 0.15) is 52.4 Å². The molecule has 0 aromatic carbocycles. The van der Waals surface area contributed by atoms with Gasteiger partial charge in [-0.1, -0.05) is 26.2 Å². The van der Waals surface area contributed by atoms with Gasteiger partial charge in [-0.05, 0) is 26.2 Å². The molecule has 0 spiro atoms. The van der Waals surface area contributed by atoms with Gasteiger partial charge < -0.3 is 10.2 Å². The molecule has 0 aromatic heterocycles. The van der Waals surface area contributed by atoms with E-state index in [0.717, 1.165) is 38.5 Å². The molecule has 0 fully saturated rings. The fourth-order valence-corrected chi connectivity index (χ4v) is 1.57. The van der Waals surface area contributed by atoms with E-state index in [9.17, 15) is 4.79 Å². The molecule has 3 heteroatoms. The van der Waals surface area contributed by atoms with E-state index in [0.29, 0.717) is 0 Å². The van der Waals surface area contributed by atoms with Crippen LogP contribution in [0.25, 0.3) is 0 Å². The summed E-state index contributed by atoms with van der Waals surface area (Å²) in [6.45, 7) is 3.77. The topological polar surface area (TPSA) is 57.5 Å². The van der Waals surface area contributed by atoms with E-state index in [1.807, 2.05) is 6.92 Å². The molecule has 0 aliphatic heterocycles. The Bertz CT molecular complexity index is 155. The van der Waals surface area contributed by atoms with Crippen molar-refractivity contribution in [2.24, 2.45) is 5.92 Å². The second kappa shape index (κ2) is 7.80. The van der Waals surface area contributed by atoms with Crippen LogP contribution in [0.15, 0.2) is 0 Å². The van der Waals surface area contributed by atoms with Gasteiger partial charge in [0.25, 0.3) is 0 Å². The normalized spacial score (nSPS) is 15.1. The third kappa shape index (κ3) is 6.89. The van der Waals surface area contributed by atoms with Crippen molar-refractivity contribution in [3.05, 3.63) is 0 Å². The molecule has 2 atom stereocenters. The molecule has 0 heterocycles. The minimum absolute atomic E-state index is 0.186. The lowest BCUT2D eigenvalue weighted by molar-refractivity contribution is -0.142. The summed E-state index contributed by atoms with van der Waals surface area (Å²) in [5, 5.41) is 17.9. The van der Waals surface area contributed by atoms with E-state index >= 15 is 0 Å². The minimum Gasteiger partial charge on any atom is -0.481 e. The maximum atomic E-state index is 10.8. The molecule has 0 rings (SSSR count). The number of unbranched alkanes of at least 4 members (excludes halogenated alkanes) is 1. The van der Waals surface area contributed by atoms with E-state index < -0.39 is 5.97 Å². The summed E-state index contributed by atoms with van der Waals surface area (Å²) >= 11 is 0. The first-order valence-corrected chi connectivity index (χ1v) is 5.48. The Balaban J connectivity index is 3.56. The second-order valence-corrected chi connectivity index (χ2v) is 3.96. The van der Waals surface area contributed by atoms with E-state index in [4.69, 9.17) is 10.2 Å². The van der Waals surface area contributed by atoms with Crippen molar-refractivity contribution >= 4 is 5.97 Å². The highest BCUT2D eigenvalue weighted by molar-refractivity contribution is 5.69. The van der Waals surface area contributed by atoms with Crippen LogP contribution in [0, 0.1) is 5.92 Å². The lowest BCUT2D eigenvalue weighted by Gasteiger charge is -2.10. The Morgan fingerprint density at radius 3 is 2.21 bits per heavy atom. The van der Waals surface area contributed by atoms with E-state index in [-0.39, 0.29) is 12.0 Å². The van der Waals surface area contributed by atoms with E-state index in [1.165, 1.54) is 0 Å². The van der Waals surface area contributed by atoms with Gasteiger partial charge >= 0.3 is 5.97 Å². The Morgan fingerprint density at radius 1 is 1.21 bits per heavy atom. The second-order valence-electron chi connectivity index (χ2n) is 3.96. The third-order valence-corrected chi connectivity index (χ3v) is 2.41. The smallest absolute Gasteiger partial charge is 0.306 e. The molecule has 0 aliphatic rings. The number of carbonyl (C=O) groups is 1. The first-order valence-electron chi connectivity index (χ1n) is 5.48. The van der Waals surface area contributed by atoms with Gasteiger partial charge in [0.1, 0.15) is 0 Å². The lowest BCUT2D eigenvalue weighted by atomic mass is 9.96. The zero-order chi connectivity index (χ0) is 11.0. The minimum atomic E-state index is -0.677. The Labute approximate surface area is 86.1 Å². The summed E-state index contributed by atoms with van der Waals surface area (Å²) in [6, 6.07) is 0. The highest BCUT2D eigenvalue weighted by atomic mass is 16.4. The number of aliphatic carboxylic acids is 1. The standard InChI is InChI=1S/C11H22O3/c1-3-6-10(11(13)14)8-5-4-7-9(2)12/h9-10,12H,3-8H2,1-2H3,(H,13,14)/t9-,10-/m0/s1. The van der Waals surface area contributed by atoms with Gasteiger partial charge in [-0.25, -0.2) is 0 Å². The number of aliphatic hydroxyl groups excluding tert-OH is 1. The molecule has 0 amide bonds. The molecular weight excluding hydrogens is 180 g/mol. The Morgan fingerprint density at radius 2 is 1.79 bits per heavy atom. The summed E-state index contributed by atoms with van der Waals surface area (Å²) < 4.78 is 0. The molecule has 0 unspecified atom stereocenters. The lowest BCUT2D eigenvalue weighted by Crippen LogP contribution is -2.13. The van der Waals surface area contributed by atoms with Crippen LogP contribution >= 0.6 is 0 Å². The van der Waals surface area contributed by atoms with Crippen molar-refractivity contribution in [2.45, 2.75) is 58.5 Å². The SMILES string of the molecule is CCC[C@@H](CCCC[C@H](C)O)C(=O)O. The van der Waals surface area contributed by atoms with Crippen molar-refractivity contribution in [1.82, 2.24) is 0 Å². The Kier molecular flexibility index (Phi) is 7.48. The summed E-state index contributed by atoms with van der Waals surface area (Å²) in [7, 11) is 0. The van der Waals surface area contributed by atoms with E-state index in [2.05, 4.69) is 0 Å². The molecule has 0 saturated carbocycles. The number of rotatable bonds is 8. The maximum absolute atomic E-state index is 10.8. The first kappa shape index (κ1) is 13.4. The number of hydrogen-bond acceptors (Lipinski definition) is 2. The van der Waals surface area contributed by atoms with Crippen molar-refractivity contribution in [3.8, 4) is 0 Å². The van der Waals surface area contributed by atoms with Gasteiger partial charge in [0, 0.05) is 0 Å². The summed E-state index contributed by atoms with van der Waals surface area (Å²) in [5.74, 6) is -0.863. The van der Waals surface area contributed by atoms with Crippen LogP contribution in [0.3, 0.4) is 0 Å². The fourth-order valence-electron chi connectivity index (χ4n) is 1.57. The number of hydrogen-bond donors (Lipinski definition) is 2. The molecular formula is C11H22O3. The first-order chi connectivity index (χ1) is 6.57. The van der Waals surface area contributed by atoms with Gasteiger partial charge in [-0.3, -0.25) is 4.79 Å². The predicted octanol–water partition coefficient (Wildman–Crippen LogP) is 2.43. The Hall–Kier alpha value is -0.570. The molecule has 0 bridgehead atoms. The highest BCUT2D eigenvalue weighted by Gasteiger charge is 2.15. The van der Waals surface area contributed by atoms with Crippen LogP contribution < -0.4 is 0 Å². The maximum Gasteiger partial charge on any atom is 0.306 e. The highest BCUT2D eigenvalue weighted by Crippen LogP contribution is 2.16. The molecule has 0 aromatic rings. The van der Waals surface area contributed by atoms with Crippen molar-refractivity contribution in [3.63, 3.8) is 0 Å². The van der Waals surface area contributed by atoms with E-state index in [1.54, 1.807) is 6.92 Å².